The minimum atomic E-state index is -0.237. The number of benzene rings is 2. The quantitative estimate of drug-likeness (QED) is 0.483. The van der Waals surface area contributed by atoms with E-state index in [4.69, 9.17) is 5.84 Å². The summed E-state index contributed by atoms with van der Waals surface area (Å²) < 4.78 is 0. The van der Waals surface area contributed by atoms with Crippen LogP contribution in [0.1, 0.15) is 29.5 Å². The zero-order chi connectivity index (χ0) is 13.3. The first kappa shape index (κ1) is 12.6. The number of rotatable bonds is 2. The fourth-order valence-corrected chi connectivity index (χ4v) is 2.21. The van der Waals surface area contributed by atoms with E-state index in [0.717, 1.165) is 5.56 Å². The molecule has 0 spiro atoms. The Balaban J connectivity index is 2.57. The highest BCUT2D eigenvalue weighted by molar-refractivity contribution is 5.91. The van der Waals surface area contributed by atoms with E-state index in [-0.39, 0.29) is 11.8 Å². The summed E-state index contributed by atoms with van der Waals surface area (Å²) >= 11 is 0. The fourth-order valence-electron chi connectivity index (χ4n) is 2.21. The molecule has 0 aliphatic rings. The molecular weight excluding hydrogens is 224 g/mol. The van der Waals surface area contributed by atoms with Crippen molar-refractivity contribution in [3.63, 3.8) is 0 Å². The molecule has 2 aromatic carbocycles. The summed E-state index contributed by atoms with van der Waals surface area (Å²) in [6, 6.07) is 10.4. The molecule has 0 radical (unpaired) electrons. The number of hydrazine groups is 1. The summed E-state index contributed by atoms with van der Waals surface area (Å²) in [5, 5.41) is 2.43. The van der Waals surface area contributed by atoms with Crippen LogP contribution in [0, 0.1) is 13.8 Å². The van der Waals surface area contributed by atoms with Crippen molar-refractivity contribution < 1.29 is 4.79 Å². The third kappa shape index (κ3) is 2.09. The summed E-state index contributed by atoms with van der Waals surface area (Å²) in [6.07, 6.45) is 0. The number of fused-ring (bicyclic) bond motifs is 1. The van der Waals surface area contributed by atoms with Gasteiger partial charge in [0, 0.05) is 0 Å². The Morgan fingerprint density at radius 2 is 1.72 bits per heavy atom. The van der Waals surface area contributed by atoms with Crippen LogP contribution in [0.2, 0.25) is 0 Å². The van der Waals surface area contributed by atoms with Crippen LogP contribution in [-0.4, -0.2) is 5.91 Å². The molecule has 3 N–H and O–H groups in total. The van der Waals surface area contributed by atoms with Crippen LogP contribution < -0.4 is 11.3 Å². The average Bonchev–Trinajstić information content (AvgIpc) is 2.41. The number of nitrogens with two attached hydrogens (primary N) is 1. The number of hydrogen-bond acceptors (Lipinski definition) is 2. The van der Waals surface area contributed by atoms with E-state index < -0.39 is 0 Å². The molecular formula is C15H18N2O. The van der Waals surface area contributed by atoms with Crippen LogP contribution in [-0.2, 0) is 4.79 Å². The van der Waals surface area contributed by atoms with Crippen molar-refractivity contribution in [2.75, 3.05) is 0 Å². The van der Waals surface area contributed by atoms with Gasteiger partial charge in [0.05, 0.1) is 5.92 Å². The van der Waals surface area contributed by atoms with Crippen molar-refractivity contribution in [3.05, 3.63) is 47.0 Å². The molecule has 0 aliphatic heterocycles. The molecule has 0 fully saturated rings. The second-order valence-electron chi connectivity index (χ2n) is 4.73. The lowest BCUT2D eigenvalue weighted by molar-refractivity contribution is -0.122. The van der Waals surface area contributed by atoms with Gasteiger partial charge in [-0.25, -0.2) is 5.84 Å². The molecule has 2 rings (SSSR count). The van der Waals surface area contributed by atoms with Gasteiger partial charge in [0.15, 0.2) is 0 Å². The van der Waals surface area contributed by atoms with Gasteiger partial charge in [-0.3, -0.25) is 10.2 Å². The molecule has 0 aliphatic carbocycles. The minimum Gasteiger partial charge on any atom is -0.294 e. The lowest BCUT2D eigenvalue weighted by atomic mass is 9.94. The van der Waals surface area contributed by atoms with Gasteiger partial charge in [0.25, 0.3) is 0 Å². The molecule has 0 saturated carbocycles. The van der Waals surface area contributed by atoms with Crippen LogP contribution in [0.5, 0.6) is 0 Å². The molecule has 3 nitrogen and oxygen atoms in total. The summed E-state index contributed by atoms with van der Waals surface area (Å²) in [6.45, 7) is 6.03. The number of carbonyl (C=O) groups is 1. The highest BCUT2D eigenvalue weighted by Gasteiger charge is 2.14. The van der Waals surface area contributed by atoms with Crippen LogP contribution in [0.3, 0.4) is 0 Å². The van der Waals surface area contributed by atoms with E-state index >= 15 is 0 Å². The van der Waals surface area contributed by atoms with Gasteiger partial charge in [-0.1, -0.05) is 30.3 Å². The molecule has 94 valence electrons. The topological polar surface area (TPSA) is 55.1 Å². The Morgan fingerprint density at radius 1 is 1.11 bits per heavy atom. The second-order valence-corrected chi connectivity index (χ2v) is 4.73. The molecule has 18 heavy (non-hydrogen) atoms. The Labute approximate surface area is 107 Å². The van der Waals surface area contributed by atoms with Crippen molar-refractivity contribution in [2.24, 2.45) is 5.84 Å². The molecule has 2 aromatic rings. The number of aryl methyl sites for hydroxylation is 2. The fraction of sp³-hybridized carbons (Fsp3) is 0.267. The maximum absolute atomic E-state index is 11.6. The molecule has 0 aromatic heterocycles. The lowest BCUT2D eigenvalue weighted by Crippen LogP contribution is -2.33. The first-order valence-corrected chi connectivity index (χ1v) is 6.05. The molecule has 1 atom stereocenters. The summed E-state index contributed by atoms with van der Waals surface area (Å²) in [4.78, 5) is 11.6. The van der Waals surface area contributed by atoms with Crippen LogP contribution >= 0.6 is 0 Å². The monoisotopic (exact) mass is 242 g/mol. The summed E-state index contributed by atoms with van der Waals surface area (Å²) in [5.41, 5.74) is 5.65. The normalized spacial score (nSPS) is 12.4. The number of nitrogens with one attached hydrogen (secondary N) is 1. The number of hydrogen-bond donors (Lipinski definition) is 2. The Bertz CT molecular complexity index is 605. The first-order chi connectivity index (χ1) is 8.54. The Hall–Kier alpha value is -1.87. The van der Waals surface area contributed by atoms with Crippen LogP contribution in [0.4, 0.5) is 0 Å². The second kappa shape index (κ2) is 4.78. The van der Waals surface area contributed by atoms with E-state index in [1.165, 1.54) is 21.9 Å². The van der Waals surface area contributed by atoms with Gasteiger partial charge < -0.3 is 0 Å². The zero-order valence-corrected chi connectivity index (χ0v) is 10.9. The summed E-state index contributed by atoms with van der Waals surface area (Å²) in [5.74, 6) is 4.77. The van der Waals surface area contributed by atoms with Gasteiger partial charge in [0.1, 0.15) is 0 Å². The highest BCUT2D eigenvalue weighted by Crippen LogP contribution is 2.26. The molecule has 0 bridgehead atoms. The van der Waals surface area contributed by atoms with Crippen molar-refractivity contribution >= 4 is 16.7 Å². The summed E-state index contributed by atoms with van der Waals surface area (Å²) in [7, 11) is 0. The minimum absolute atomic E-state index is 0.167. The zero-order valence-electron chi connectivity index (χ0n) is 10.9. The molecule has 3 heteroatoms. The van der Waals surface area contributed by atoms with Crippen molar-refractivity contribution in [1.29, 1.82) is 0 Å². The van der Waals surface area contributed by atoms with Gasteiger partial charge in [-0.15, -0.1) is 0 Å². The average molecular weight is 242 g/mol. The van der Waals surface area contributed by atoms with Gasteiger partial charge >= 0.3 is 0 Å². The number of carbonyl (C=O) groups excluding carboxylic acids is 1. The van der Waals surface area contributed by atoms with Crippen molar-refractivity contribution in [2.45, 2.75) is 26.7 Å². The highest BCUT2D eigenvalue weighted by atomic mass is 16.2. The molecule has 0 saturated heterocycles. The predicted octanol–water partition coefficient (Wildman–Crippen LogP) is 2.55. The van der Waals surface area contributed by atoms with E-state index in [0.29, 0.717) is 0 Å². The van der Waals surface area contributed by atoms with Crippen LogP contribution in [0.15, 0.2) is 30.3 Å². The van der Waals surface area contributed by atoms with E-state index in [2.05, 4.69) is 43.5 Å². The Kier molecular flexibility index (Phi) is 3.34. The molecule has 0 unspecified atom stereocenters. The molecule has 0 heterocycles. The standard InChI is InChI=1S/C15H18N2O/c1-9-4-5-10(2)14-8-12(6-7-13(9)14)11(3)15(18)17-16/h4-8,11H,16H2,1-3H3,(H,17,18)/t11-/m1/s1. The number of amides is 1. The predicted molar refractivity (Wildman–Crippen MR) is 74.2 cm³/mol. The van der Waals surface area contributed by atoms with E-state index in [1.807, 2.05) is 13.0 Å². The Morgan fingerprint density at radius 3 is 2.33 bits per heavy atom. The van der Waals surface area contributed by atoms with Crippen molar-refractivity contribution in [3.8, 4) is 0 Å². The van der Waals surface area contributed by atoms with Gasteiger partial charge in [-0.2, -0.15) is 0 Å². The first-order valence-electron chi connectivity index (χ1n) is 6.05. The third-order valence-corrected chi connectivity index (χ3v) is 3.51. The van der Waals surface area contributed by atoms with Crippen LogP contribution in [0.25, 0.3) is 10.8 Å². The molecule has 1 amide bonds. The van der Waals surface area contributed by atoms with E-state index in [9.17, 15) is 4.79 Å². The third-order valence-electron chi connectivity index (χ3n) is 3.51. The SMILES string of the molecule is Cc1ccc(C)c2cc([C@@H](C)C(=O)NN)ccc12. The smallest absolute Gasteiger partial charge is 0.241 e. The largest absolute Gasteiger partial charge is 0.294 e. The maximum atomic E-state index is 11.6. The van der Waals surface area contributed by atoms with Gasteiger partial charge in [-0.05, 0) is 48.2 Å². The van der Waals surface area contributed by atoms with Crippen molar-refractivity contribution in [1.82, 2.24) is 5.43 Å². The van der Waals surface area contributed by atoms with E-state index in [1.54, 1.807) is 0 Å². The maximum Gasteiger partial charge on any atom is 0.241 e. The van der Waals surface area contributed by atoms with Gasteiger partial charge in [0.2, 0.25) is 5.91 Å². The lowest BCUT2D eigenvalue weighted by Gasteiger charge is -2.13.